The van der Waals surface area contributed by atoms with Gasteiger partial charge in [0.2, 0.25) is 35.4 Å². The Kier molecular flexibility index (Phi) is 41.3. The van der Waals surface area contributed by atoms with E-state index in [4.69, 9.17) is 74.5 Å². The highest BCUT2D eigenvalue weighted by molar-refractivity contribution is 5.82. The molecule has 31 heteroatoms. The lowest BCUT2D eigenvalue weighted by molar-refractivity contribution is -0.142. The Labute approximate surface area is 470 Å². The maximum Gasteiger partial charge on any atom is 0.238 e. The van der Waals surface area contributed by atoms with E-state index in [0.29, 0.717) is 78.5 Å². The van der Waals surface area contributed by atoms with E-state index >= 15 is 0 Å². The third-order valence-corrected chi connectivity index (χ3v) is 13.6. The van der Waals surface area contributed by atoms with Crippen LogP contribution in [0.25, 0.3) is 0 Å². The normalized spacial score (nSPS) is 16.1. The van der Waals surface area contributed by atoms with Gasteiger partial charge in [-0.15, -0.1) is 0 Å². The molecule has 0 aromatic heterocycles. The molecule has 26 N–H and O–H groups in total. The van der Waals surface area contributed by atoms with E-state index in [0.717, 1.165) is 0 Å². The molecule has 1 fully saturated rings. The van der Waals surface area contributed by atoms with Gasteiger partial charge in [0.1, 0.15) is 0 Å². The summed E-state index contributed by atoms with van der Waals surface area (Å²) in [6, 6.07) is 0. The molecule has 6 amide bonds. The largest absolute Gasteiger partial charge is 0.338 e. The first kappa shape index (κ1) is 73.1. The Bertz CT molecular complexity index is 1630. The fourth-order valence-corrected chi connectivity index (χ4v) is 9.31. The van der Waals surface area contributed by atoms with E-state index in [1.807, 2.05) is 29.4 Å². The van der Waals surface area contributed by atoms with Gasteiger partial charge < -0.3 is 104 Å². The number of hydrogen-bond donors (Lipinski definition) is 13. The fraction of sp³-hybridized carbons (Fsp3) is 0.875. The summed E-state index contributed by atoms with van der Waals surface area (Å²) < 4.78 is 0. The Morgan fingerprint density at radius 3 is 0.633 bits per heavy atom. The van der Waals surface area contributed by atoms with Crippen LogP contribution in [0.5, 0.6) is 0 Å². The average Bonchev–Trinajstić information content (AvgIpc) is 3.39. The molecule has 79 heavy (non-hydrogen) atoms. The van der Waals surface area contributed by atoms with Crippen molar-refractivity contribution in [1.82, 2.24) is 58.8 Å². The molecule has 0 aromatic carbocycles. The molecule has 0 radical (unpaired) electrons. The van der Waals surface area contributed by atoms with Crippen molar-refractivity contribution in [2.45, 2.75) is 6.17 Å². The molecule has 1 saturated heterocycles. The minimum absolute atomic E-state index is 0.00299. The number of carbonyl (C=O) groups is 6. The summed E-state index contributed by atoms with van der Waals surface area (Å²) in [4.78, 5) is 108. The molecule has 1 atom stereocenters. The maximum absolute atomic E-state index is 14.7. The first-order chi connectivity index (χ1) is 38.1. The fourth-order valence-electron chi connectivity index (χ4n) is 9.31. The predicted octanol–water partition coefficient (Wildman–Crippen LogP) is -12.4. The second-order valence-corrected chi connectivity index (χ2v) is 19.6. The van der Waals surface area contributed by atoms with Crippen LogP contribution in [0.3, 0.4) is 0 Å². The average molecular weight is 1130 g/mol. The van der Waals surface area contributed by atoms with Gasteiger partial charge in [-0.2, -0.15) is 0 Å². The molecule has 0 aliphatic carbocycles. The van der Waals surface area contributed by atoms with Crippen molar-refractivity contribution in [3.05, 3.63) is 0 Å². The Morgan fingerprint density at radius 2 is 0.430 bits per heavy atom. The zero-order chi connectivity index (χ0) is 59.0. The van der Waals surface area contributed by atoms with Gasteiger partial charge in [0.15, 0.2) is 0 Å². The van der Waals surface area contributed by atoms with E-state index in [9.17, 15) is 28.8 Å². The summed E-state index contributed by atoms with van der Waals surface area (Å²) in [6.07, 6.45) is -1.14. The third-order valence-electron chi connectivity index (χ3n) is 13.6. The lowest BCUT2D eigenvalue weighted by Crippen LogP contribution is -2.59. The first-order valence-corrected chi connectivity index (χ1v) is 28.3. The third kappa shape index (κ3) is 30.1. The number of hydrogen-bond acceptors (Lipinski definition) is 25. The van der Waals surface area contributed by atoms with Crippen molar-refractivity contribution in [3.8, 4) is 0 Å². The van der Waals surface area contributed by atoms with Gasteiger partial charge in [0.25, 0.3) is 0 Å². The number of amides is 6. The van der Waals surface area contributed by atoms with Gasteiger partial charge in [-0.1, -0.05) is 0 Å². The summed E-state index contributed by atoms with van der Waals surface area (Å²) in [7, 11) is 0. The second kappa shape index (κ2) is 44.7. The topological polar surface area (TPSA) is 480 Å². The van der Waals surface area contributed by atoms with E-state index < -0.39 is 12.1 Å². The van der Waals surface area contributed by atoms with E-state index in [-0.39, 0.29) is 219 Å². The Hall–Kier alpha value is -3.94. The summed E-state index contributed by atoms with van der Waals surface area (Å²) in [5.74, 6) is -1.98. The van der Waals surface area contributed by atoms with Crippen LogP contribution in [0.15, 0.2) is 0 Å². The SMILES string of the molecule is NCCN(CCN)CC(=O)N1CCN(C(=O)CN(CCN)CCN)CCN(C(=O)CN(CCN)CCN)CCN(C(=O)CN(CCN)CCN)C(N)CN(C(=O)CN(CCN)CCN)CCN(C(=O)CN(CCN)CCN)CC1. The zero-order valence-corrected chi connectivity index (χ0v) is 47.9. The molecule has 0 bridgehead atoms. The molecule has 1 aliphatic heterocycles. The van der Waals surface area contributed by atoms with Crippen LogP contribution in [0.2, 0.25) is 0 Å². The lowest BCUT2D eigenvalue weighted by atomic mass is 10.2. The van der Waals surface area contributed by atoms with Crippen LogP contribution in [0, 0.1) is 0 Å². The van der Waals surface area contributed by atoms with Crippen LogP contribution in [-0.4, -0.2) is 369 Å². The van der Waals surface area contributed by atoms with Gasteiger partial charge in [-0.05, 0) is 0 Å². The van der Waals surface area contributed by atoms with E-state index in [2.05, 4.69) is 0 Å². The van der Waals surface area contributed by atoms with Crippen LogP contribution in [-0.2, 0) is 28.8 Å². The first-order valence-electron chi connectivity index (χ1n) is 28.3. The van der Waals surface area contributed by atoms with Gasteiger partial charge in [-0.3, -0.25) is 58.2 Å². The van der Waals surface area contributed by atoms with Gasteiger partial charge in [0, 0.05) is 223 Å². The highest BCUT2D eigenvalue weighted by atomic mass is 16.2. The van der Waals surface area contributed by atoms with Crippen LogP contribution >= 0.6 is 0 Å². The highest BCUT2D eigenvalue weighted by Gasteiger charge is 2.31. The summed E-state index contributed by atoms with van der Waals surface area (Å²) in [6.45, 7) is 7.01. The molecule has 0 spiro atoms. The summed E-state index contributed by atoms with van der Waals surface area (Å²) in [5.41, 5.74) is 78.7. The molecular weight excluding hydrogens is 1020 g/mol. The van der Waals surface area contributed by atoms with Crippen molar-refractivity contribution < 1.29 is 28.8 Å². The highest BCUT2D eigenvalue weighted by Crippen LogP contribution is 2.10. The zero-order valence-electron chi connectivity index (χ0n) is 47.9. The molecular formula is C48H109N25O6. The molecule has 1 unspecified atom stereocenters. The number of nitrogens with zero attached hydrogens (tertiary/aromatic N) is 12. The van der Waals surface area contributed by atoms with Gasteiger partial charge in [-0.25, -0.2) is 0 Å². The molecule has 31 nitrogen and oxygen atoms in total. The van der Waals surface area contributed by atoms with Crippen molar-refractivity contribution in [1.29, 1.82) is 0 Å². The van der Waals surface area contributed by atoms with Crippen LogP contribution < -0.4 is 74.5 Å². The van der Waals surface area contributed by atoms with Gasteiger partial charge >= 0.3 is 0 Å². The van der Waals surface area contributed by atoms with Crippen molar-refractivity contribution in [2.24, 2.45) is 74.5 Å². The lowest BCUT2D eigenvalue weighted by Gasteiger charge is -2.38. The summed E-state index contributed by atoms with van der Waals surface area (Å²) in [5, 5.41) is 0. The Morgan fingerprint density at radius 1 is 0.266 bits per heavy atom. The number of carbonyl (C=O) groups excluding carboxylic acids is 6. The molecule has 1 rings (SSSR count). The molecule has 0 saturated carbocycles. The van der Waals surface area contributed by atoms with Crippen LogP contribution in [0.1, 0.15) is 0 Å². The Balaban J connectivity index is 4.34. The predicted molar refractivity (Wildman–Crippen MR) is 310 cm³/mol. The molecule has 1 aliphatic rings. The monoisotopic (exact) mass is 1130 g/mol. The number of nitrogens with two attached hydrogens (primary N) is 13. The molecule has 0 aromatic rings. The smallest absolute Gasteiger partial charge is 0.238 e. The number of rotatable bonds is 36. The standard InChI is InChI=1S/C48H109N25O6/c49-1-13-62(14-2-50)36-43(74)68-25-26-69(44(75)37-63(15-3-51)16-4-52)29-30-71(46(77)39-65(19-7-55)20-8-56)33-34-73(48(79)41-67(23-11-59)24-12-60)42(61)35-72(47(78)40-66(21-9-57)22-10-58)32-31-70(28-27-68)45(76)38-64(17-5-53)18-6-54/h42H,1-41,49-61H2. The van der Waals surface area contributed by atoms with Crippen molar-refractivity contribution in [2.75, 3.05) is 268 Å². The maximum atomic E-state index is 14.7. The van der Waals surface area contributed by atoms with E-state index in [1.54, 1.807) is 19.6 Å². The second-order valence-electron chi connectivity index (χ2n) is 19.6. The minimum atomic E-state index is -1.14. The minimum Gasteiger partial charge on any atom is -0.338 e. The molecule has 462 valence electrons. The quantitative estimate of drug-likeness (QED) is 0.0277. The van der Waals surface area contributed by atoms with E-state index in [1.165, 1.54) is 9.80 Å². The van der Waals surface area contributed by atoms with Crippen molar-refractivity contribution >= 4 is 35.4 Å². The van der Waals surface area contributed by atoms with Crippen LogP contribution in [0.4, 0.5) is 0 Å². The van der Waals surface area contributed by atoms with Crippen molar-refractivity contribution in [3.63, 3.8) is 0 Å². The molecule has 1 heterocycles. The summed E-state index contributed by atoms with van der Waals surface area (Å²) >= 11 is 0. The van der Waals surface area contributed by atoms with Gasteiger partial charge in [0.05, 0.1) is 52.0 Å².